The molecule has 1 aromatic rings. The largest absolute Gasteiger partial charge is 0.497 e. The highest BCUT2D eigenvalue weighted by Gasteiger charge is 2.31. The van der Waals surface area contributed by atoms with Crippen molar-refractivity contribution in [2.45, 2.75) is 45.2 Å². The number of carbonyl (C=O) groups excluding carboxylic acids is 2. The standard InChI is InChI=1S/C23H36N4O3/c1-4-18(2)24-22(28)16-25-12-14-26(15-13-25)17-23(29)27-11-5-6-21(27)19-7-9-20(30-3)10-8-19/h7-10,18,21H,4-6,11-17H2,1-3H3,(H,24,28). The molecule has 0 aromatic heterocycles. The van der Waals surface area contributed by atoms with Crippen molar-refractivity contribution in [1.29, 1.82) is 0 Å². The molecule has 2 heterocycles. The molecule has 2 amide bonds. The predicted octanol–water partition coefficient (Wildman–Crippen LogP) is 1.89. The molecule has 7 nitrogen and oxygen atoms in total. The Bertz CT molecular complexity index is 701. The Balaban J connectivity index is 1.46. The molecule has 7 heteroatoms. The van der Waals surface area contributed by atoms with Crippen LogP contribution < -0.4 is 10.1 Å². The van der Waals surface area contributed by atoms with Crippen molar-refractivity contribution in [3.05, 3.63) is 29.8 Å². The molecule has 2 aliphatic rings. The predicted molar refractivity (Wildman–Crippen MR) is 117 cm³/mol. The monoisotopic (exact) mass is 416 g/mol. The first kappa shape index (κ1) is 22.6. The zero-order chi connectivity index (χ0) is 21.5. The van der Waals surface area contributed by atoms with Gasteiger partial charge in [0.1, 0.15) is 5.75 Å². The molecule has 0 radical (unpaired) electrons. The number of rotatable bonds is 8. The second-order valence-corrected chi connectivity index (χ2v) is 8.45. The molecule has 1 aromatic carbocycles. The van der Waals surface area contributed by atoms with Gasteiger partial charge in [-0.15, -0.1) is 0 Å². The third-order valence-electron chi connectivity index (χ3n) is 6.28. The number of likely N-dealkylation sites (tertiary alicyclic amines) is 1. The fourth-order valence-corrected chi connectivity index (χ4v) is 4.25. The first-order chi connectivity index (χ1) is 14.5. The molecular formula is C23H36N4O3. The number of ether oxygens (including phenoxy) is 1. The summed E-state index contributed by atoms with van der Waals surface area (Å²) in [6.07, 6.45) is 2.99. The zero-order valence-corrected chi connectivity index (χ0v) is 18.6. The highest BCUT2D eigenvalue weighted by Crippen LogP contribution is 2.32. The molecule has 2 unspecified atom stereocenters. The third kappa shape index (κ3) is 5.95. The van der Waals surface area contributed by atoms with Crippen LogP contribution >= 0.6 is 0 Å². The van der Waals surface area contributed by atoms with Crippen LogP contribution in [0.15, 0.2) is 24.3 Å². The average molecular weight is 417 g/mol. The topological polar surface area (TPSA) is 65.1 Å². The van der Waals surface area contributed by atoms with Gasteiger partial charge in [-0.1, -0.05) is 19.1 Å². The van der Waals surface area contributed by atoms with Crippen LogP contribution in [0.2, 0.25) is 0 Å². The molecule has 166 valence electrons. The Kier molecular flexibility index (Phi) is 8.10. The molecule has 0 spiro atoms. The van der Waals surface area contributed by atoms with E-state index < -0.39 is 0 Å². The SMILES string of the molecule is CCC(C)NC(=O)CN1CCN(CC(=O)N2CCCC2c2ccc(OC)cc2)CC1. The highest BCUT2D eigenvalue weighted by molar-refractivity contribution is 5.79. The fourth-order valence-electron chi connectivity index (χ4n) is 4.25. The van der Waals surface area contributed by atoms with E-state index in [0.717, 1.165) is 57.7 Å². The summed E-state index contributed by atoms with van der Waals surface area (Å²) in [5, 5.41) is 3.02. The lowest BCUT2D eigenvalue weighted by Gasteiger charge is -2.35. The summed E-state index contributed by atoms with van der Waals surface area (Å²) in [6, 6.07) is 8.45. The van der Waals surface area contributed by atoms with Gasteiger partial charge in [0.05, 0.1) is 26.2 Å². The van der Waals surface area contributed by atoms with Crippen molar-refractivity contribution < 1.29 is 14.3 Å². The number of nitrogens with zero attached hydrogens (tertiary/aromatic N) is 3. The lowest BCUT2D eigenvalue weighted by Crippen LogP contribution is -2.52. The maximum absolute atomic E-state index is 13.0. The highest BCUT2D eigenvalue weighted by atomic mass is 16.5. The summed E-state index contributed by atoms with van der Waals surface area (Å²) >= 11 is 0. The maximum atomic E-state index is 13.0. The smallest absolute Gasteiger partial charge is 0.237 e. The number of piperazine rings is 1. The van der Waals surface area contributed by atoms with Crippen LogP contribution in [-0.4, -0.2) is 85.5 Å². The van der Waals surface area contributed by atoms with Gasteiger partial charge in [-0.3, -0.25) is 19.4 Å². The first-order valence-electron chi connectivity index (χ1n) is 11.2. The first-order valence-corrected chi connectivity index (χ1v) is 11.2. The summed E-state index contributed by atoms with van der Waals surface area (Å²) in [7, 11) is 1.66. The van der Waals surface area contributed by atoms with Gasteiger partial charge in [-0.25, -0.2) is 0 Å². The number of methoxy groups -OCH3 is 1. The Hall–Kier alpha value is -2.12. The molecule has 0 bridgehead atoms. The normalized spacial score (nSPS) is 21.4. The fraction of sp³-hybridized carbons (Fsp3) is 0.652. The summed E-state index contributed by atoms with van der Waals surface area (Å²) in [6.45, 7) is 9.11. The van der Waals surface area contributed by atoms with Gasteiger partial charge in [0.25, 0.3) is 0 Å². The van der Waals surface area contributed by atoms with E-state index in [1.807, 2.05) is 24.0 Å². The summed E-state index contributed by atoms with van der Waals surface area (Å²) < 4.78 is 5.25. The van der Waals surface area contributed by atoms with E-state index in [0.29, 0.717) is 13.1 Å². The third-order valence-corrected chi connectivity index (χ3v) is 6.28. The molecule has 1 N–H and O–H groups in total. The van der Waals surface area contributed by atoms with Crippen molar-refractivity contribution in [2.75, 3.05) is 52.9 Å². The molecule has 2 saturated heterocycles. The van der Waals surface area contributed by atoms with Crippen LogP contribution in [0.3, 0.4) is 0 Å². The number of hydrogen-bond acceptors (Lipinski definition) is 5. The van der Waals surface area contributed by atoms with Gasteiger partial charge in [-0.2, -0.15) is 0 Å². The van der Waals surface area contributed by atoms with Gasteiger partial charge in [0.15, 0.2) is 0 Å². The second-order valence-electron chi connectivity index (χ2n) is 8.45. The molecule has 2 fully saturated rings. The van der Waals surface area contributed by atoms with Crippen LogP contribution in [0.1, 0.15) is 44.7 Å². The van der Waals surface area contributed by atoms with Crippen LogP contribution in [0.4, 0.5) is 0 Å². The van der Waals surface area contributed by atoms with Crippen LogP contribution in [0.25, 0.3) is 0 Å². The van der Waals surface area contributed by atoms with E-state index in [4.69, 9.17) is 4.74 Å². The van der Waals surface area contributed by atoms with Crippen molar-refractivity contribution >= 4 is 11.8 Å². The molecule has 0 aliphatic carbocycles. The lowest BCUT2D eigenvalue weighted by atomic mass is 10.0. The molecule has 3 rings (SSSR count). The van der Waals surface area contributed by atoms with Crippen molar-refractivity contribution in [3.8, 4) is 5.75 Å². The maximum Gasteiger partial charge on any atom is 0.237 e. The number of carbonyl (C=O) groups is 2. The van der Waals surface area contributed by atoms with Crippen LogP contribution in [0, 0.1) is 0 Å². The molecule has 2 atom stereocenters. The van der Waals surface area contributed by atoms with Crippen molar-refractivity contribution in [1.82, 2.24) is 20.0 Å². The number of hydrogen-bond donors (Lipinski definition) is 1. The zero-order valence-electron chi connectivity index (χ0n) is 18.6. The number of amides is 2. The Morgan fingerprint density at radius 2 is 1.70 bits per heavy atom. The minimum atomic E-state index is 0.0910. The van der Waals surface area contributed by atoms with Crippen LogP contribution in [0.5, 0.6) is 5.75 Å². The van der Waals surface area contributed by atoms with Crippen molar-refractivity contribution in [3.63, 3.8) is 0 Å². The van der Waals surface area contributed by atoms with E-state index >= 15 is 0 Å². The minimum absolute atomic E-state index is 0.0910. The summed E-state index contributed by atoms with van der Waals surface area (Å²) in [5.74, 6) is 1.13. The summed E-state index contributed by atoms with van der Waals surface area (Å²) in [5.41, 5.74) is 1.18. The second kappa shape index (κ2) is 10.8. The number of nitrogens with one attached hydrogen (secondary N) is 1. The molecular weight excluding hydrogens is 380 g/mol. The Labute approximate surface area is 180 Å². The van der Waals surface area contributed by atoms with Gasteiger partial charge in [0.2, 0.25) is 11.8 Å². The van der Waals surface area contributed by atoms with E-state index in [1.54, 1.807) is 7.11 Å². The minimum Gasteiger partial charge on any atom is -0.497 e. The van der Waals surface area contributed by atoms with E-state index in [1.165, 1.54) is 5.56 Å². The van der Waals surface area contributed by atoms with Gasteiger partial charge in [0, 0.05) is 38.8 Å². The molecule has 0 saturated carbocycles. The summed E-state index contributed by atoms with van der Waals surface area (Å²) in [4.78, 5) is 31.5. The van der Waals surface area contributed by atoms with Crippen molar-refractivity contribution in [2.24, 2.45) is 0 Å². The van der Waals surface area contributed by atoms with Gasteiger partial charge in [-0.05, 0) is 43.9 Å². The van der Waals surface area contributed by atoms with Crippen LogP contribution in [-0.2, 0) is 9.59 Å². The van der Waals surface area contributed by atoms with E-state index in [9.17, 15) is 9.59 Å². The van der Waals surface area contributed by atoms with E-state index in [-0.39, 0.29) is 23.9 Å². The van der Waals surface area contributed by atoms with Gasteiger partial charge < -0.3 is 15.0 Å². The quantitative estimate of drug-likeness (QED) is 0.701. The lowest BCUT2D eigenvalue weighted by molar-refractivity contribution is -0.134. The Morgan fingerprint density at radius 1 is 1.07 bits per heavy atom. The Morgan fingerprint density at radius 3 is 2.30 bits per heavy atom. The number of benzene rings is 1. The molecule has 30 heavy (non-hydrogen) atoms. The molecule has 2 aliphatic heterocycles. The average Bonchev–Trinajstić information content (AvgIpc) is 3.25. The van der Waals surface area contributed by atoms with E-state index in [2.05, 4.69) is 34.2 Å². The van der Waals surface area contributed by atoms with Gasteiger partial charge >= 0.3 is 0 Å².